The molecule has 1 saturated heterocycles. The molecule has 6 heteroatoms. The van der Waals surface area contributed by atoms with Crippen LogP contribution in [0, 0.1) is 0 Å². The molecule has 1 aliphatic rings. The number of halogens is 2. The molecule has 116 valence electrons. The zero-order valence-electron chi connectivity index (χ0n) is 11.7. The van der Waals surface area contributed by atoms with E-state index in [1.165, 1.54) is 0 Å². The fourth-order valence-electron chi connectivity index (χ4n) is 2.84. The third-order valence-electron chi connectivity index (χ3n) is 3.87. The van der Waals surface area contributed by atoms with Crippen molar-refractivity contribution >= 4 is 41.9 Å². The lowest BCUT2D eigenvalue weighted by Gasteiger charge is -2.25. The monoisotopic (exact) mass is 443 g/mol. The molecule has 0 aliphatic carbocycles. The molecule has 1 heterocycles. The molecule has 2 aromatic rings. The van der Waals surface area contributed by atoms with Crippen LogP contribution in [0.4, 0.5) is 0 Å². The van der Waals surface area contributed by atoms with Crippen LogP contribution in [0.25, 0.3) is 0 Å². The van der Waals surface area contributed by atoms with E-state index in [-0.39, 0.29) is 6.04 Å². The number of sulfonamides is 1. The maximum absolute atomic E-state index is 13.1. The number of nitrogens with zero attached hydrogens (tertiary/aromatic N) is 1. The summed E-state index contributed by atoms with van der Waals surface area (Å²) >= 11 is 6.72. The first-order chi connectivity index (χ1) is 10.5. The minimum absolute atomic E-state index is 0.0860. The Hall–Kier alpha value is -0.690. The summed E-state index contributed by atoms with van der Waals surface area (Å²) in [5.41, 5.74) is 1.05. The highest BCUT2D eigenvalue weighted by Crippen LogP contribution is 2.38. The lowest BCUT2D eigenvalue weighted by Crippen LogP contribution is -2.31. The van der Waals surface area contributed by atoms with E-state index in [4.69, 9.17) is 0 Å². The Morgan fingerprint density at radius 1 is 1.05 bits per heavy atom. The first-order valence-electron chi connectivity index (χ1n) is 7.02. The van der Waals surface area contributed by atoms with Gasteiger partial charge in [-0.15, -0.1) is 0 Å². The van der Waals surface area contributed by atoms with Crippen LogP contribution in [-0.4, -0.2) is 19.3 Å². The zero-order valence-corrected chi connectivity index (χ0v) is 15.7. The van der Waals surface area contributed by atoms with Gasteiger partial charge >= 0.3 is 0 Å². The molecule has 1 unspecified atom stereocenters. The predicted molar refractivity (Wildman–Crippen MR) is 94.2 cm³/mol. The van der Waals surface area contributed by atoms with Crippen molar-refractivity contribution in [2.45, 2.75) is 23.8 Å². The highest BCUT2D eigenvalue weighted by Gasteiger charge is 2.37. The Labute approximate surface area is 147 Å². The van der Waals surface area contributed by atoms with Gasteiger partial charge in [-0.05, 0) is 52.5 Å². The van der Waals surface area contributed by atoms with Crippen molar-refractivity contribution in [1.82, 2.24) is 4.31 Å². The molecule has 22 heavy (non-hydrogen) atoms. The van der Waals surface area contributed by atoms with Gasteiger partial charge in [-0.25, -0.2) is 8.42 Å². The molecule has 0 N–H and O–H groups in total. The minimum Gasteiger partial charge on any atom is -0.207 e. The van der Waals surface area contributed by atoms with Crippen LogP contribution in [0.5, 0.6) is 0 Å². The molecule has 0 saturated carbocycles. The van der Waals surface area contributed by atoms with E-state index < -0.39 is 10.0 Å². The topological polar surface area (TPSA) is 37.4 Å². The van der Waals surface area contributed by atoms with Crippen molar-refractivity contribution in [3.8, 4) is 0 Å². The van der Waals surface area contributed by atoms with Crippen LogP contribution in [0.15, 0.2) is 62.4 Å². The molecule has 2 aromatic carbocycles. The van der Waals surface area contributed by atoms with Gasteiger partial charge in [0.25, 0.3) is 0 Å². The molecule has 1 fully saturated rings. The van der Waals surface area contributed by atoms with Crippen molar-refractivity contribution in [2.24, 2.45) is 0 Å². The smallest absolute Gasteiger partial charge is 0.207 e. The molecular formula is C16H15Br2NO2S. The number of benzene rings is 2. The van der Waals surface area contributed by atoms with Gasteiger partial charge in [0.15, 0.2) is 0 Å². The summed E-state index contributed by atoms with van der Waals surface area (Å²) < 4.78 is 29.1. The van der Waals surface area contributed by atoms with Crippen LogP contribution < -0.4 is 0 Å². The average molecular weight is 445 g/mol. The average Bonchev–Trinajstić information content (AvgIpc) is 3.01. The van der Waals surface area contributed by atoms with Gasteiger partial charge in [0.05, 0.1) is 10.9 Å². The van der Waals surface area contributed by atoms with E-state index in [2.05, 4.69) is 31.9 Å². The zero-order chi connectivity index (χ0) is 15.7. The highest BCUT2D eigenvalue weighted by atomic mass is 79.9. The largest absolute Gasteiger partial charge is 0.244 e. The van der Waals surface area contributed by atoms with E-state index in [0.717, 1.165) is 22.9 Å². The van der Waals surface area contributed by atoms with Crippen LogP contribution in [0.3, 0.4) is 0 Å². The summed E-state index contributed by atoms with van der Waals surface area (Å²) in [6.07, 6.45) is 1.74. The summed E-state index contributed by atoms with van der Waals surface area (Å²) in [7, 11) is -3.53. The quantitative estimate of drug-likeness (QED) is 0.685. The number of rotatable bonds is 3. The molecule has 0 bridgehead atoms. The highest BCUT2D eigenvalue weighted by molar-refractivity contribution is 9.11. The maximum Gasteiger partial charge on any atom is 0.244 e. The van der Waals surface area contributed by atoms with Gasteiger partial charge in [0.2, 0.25) is 10.0 Å². The van der Waals surface area contributed by atoms with Gasteiger partial charge in [-0.3, -0.25) is 0 Å². The predicted octanol–water partition coefficient (Wildman–Crippen LogP) is 4.74. The molecule has 0 aromatic heterocycles. The Balaban J connectivity index is 2.03. The second kappa shape index (κ2) is 6.43. The number of hydrogen-bond acceptors (Lipinski definition) is 2. The van der Waals surface area contributed by atoms with E-state index in [0.29, 0.717) is 15.9 Å². The fraction of sp³-hybridized carbons (Fsp3) is 0.250. The molecule has 1 atom stereocenters. The molecule has 0 amide bonds. The summed E-state index contributed by atoms with van der Waals surface area (Å²) in [6.45, 7) is 0.556. The van der Waals surface area contributed by atoms with Gasteiger partial charge < -0.3 is 0 Å². The maximum atomic E-state index is 13.1. The third kappa shape index (κ3) is 3.02. The van der Waals surface area contributed by atoms with Crippen molar-refractivity contribution < 1.29 is 8.42 Å². The normalized spacial score (nSPS) is 19.5. The third-order valence-corrected chi connectivity index (χ3v) is 7.26. The van der Waals surface area contributed by atoms with E-state index in [1.54, 1.807) is 16.4 Å². The summed E-state index contributed by atoms with van der Waals surface area (Å²) in [6, 6.07) is 15.0. The second-order valence-electron chi connectivity index (χ2n) is 5.26. The van der Waals surface area contributed by atoms with Gasteiger partial charge in [-0.1, -0.05) is 46.3 Å². The molecule has 3 nitrogen and oxygen atoms in total. The molecular weight excluding hydrogens is 430 g/mol. The van der Waals surface area contributed by atoms with E-state index >= 15 is 0 Å². The van der Waals surface area contributed by atoms with Crippen LogP contribution in [0.2, 0.25) is 0 Å². The van der Waals surface area contributed by atoms with Crippen molar-refractivity contribution in [3.63, 3.8) is 0 Å². The van der Waals surface area contributed by atoms with Gasteiger partial charge in [0, 0.05) is 15.5 Å². The first-order valence-corrected chi connectivity index (χ1v) is 10.0. The summed E-state index contributed by atoms with van der Waals surface area (Å²) in [5.74, 6) is 0. The fourth-order valence-corrected chi connectivity index (χ4v) is 5.98. The van der Waals surface area contributed by atoms with Crippen LogP contribution in [-0.2, 0) is 10.0 Å². The lowest BCUT2D eigenvalue weighted by molar-refractivity contribution is 0.396. The molecule has 0 radical (unpaired) electrons. The van der Waals surface area contributed by atoms with Crippen molar-refractivity contribution in [1.29, 1.82) is 0 Å². The Morgan fingerprint density at radius 2 is 1.77 bits per heavy atom. The van der Waals surface area contributed by atoms with Gasteiger partial charge in [0.1, 0.15) is 0 Å². The van der Waals surface area contributed by atoms with Crippen LogP contribution in [0.1, 0.15) is 24.4 Å². The standard InChI is InChI=1S/C16H15Br2NO2S/c17-13-8-9-14(18)16(11-13)22(20,21)19-10-4-7-15(19)12-5-2-1-3-6-12/h1-3,5-6,8-9,11,15H,4,7,10H2. The number of hydrogen-bond donors (Lipinski definition) is 0. The van der Waals surface area contributed by atoms with E-state index in [9.17, 15) is 8.42 Å². The SMILES string of the molecule is O=S(=O)(c1cc(Br)ccc1Br)N1CCCC1c1ccccc1. The van der Waals surface area contributed by atoms with Gasteiger partial charge in [-0.2, -0.15) is 4.31 Å². The second-order valence-corrected chi connectivity index (χ2v) is 8.89. The minimum atomic E-state index is -3.53. The Bertz CT molecular complexity index is 778. The summed E-state index contributed by atoms with van der Waals surface area (Å²) in [5, 5.41) is 0. The summed E-state index contributed by atoms with van der Waals surface area (Å²) in [4.78, 5) is 0.310. The van der Waals surface area contributed by atoms with Crippen molar-refractivity contribution in [3.05, 3.63) is 63.0 Å². The van der Waals surface area contributed by atoms with Crippen LogP contribution >= 0.6 is 31.9 Å². The molecule has 1 aliphatic heterocycles. The molecule has 3 rings (SSSR count). The Morgan fingerprint density at radius 3 is 2.50 bits per heavy atom. The first kappa shape index (κ1) is 16.2. The molecule has 0 spiro atoms. The lowest BCUT2D eigenvalue weighted by atomic mass is 10.1. The van der Waals surface area contributed by atoms with E-state index in [1.807, 2.05) is 36.4 Å². The van der Waals surface area contributed by atoms with Crippen molar-refractivity contribution in [2.75, 3.05) is 6.54 Å². The Kier molecular flexibility index (Phi) is 4.73.